The van der Waals surface area contributed by atoms with Gasteiger partial charge in [0.15, 0.2) is 0 Å². The zero-order chi connectivity index (χ0) is 32.5. The fraction of sp³-hybridized carbons (Fsp3) is 0.484. The molecule has 0 aliphatic heterocycles. The highest BCUT2D eigenvalue weighted by Crippen LogP contribution is 2.41. The number of ether oxygens (including phenoxy) is 2. The number of carboxylic acid groups (broad SMARTS) is 1. The summed E-state index contributed by atoms with van der Waals surface area (Å²) in [5.74, 6) is -2.07. The third-order valence-electron chi connectivity index (χ3n) is 7.75. The van der Waals surface area contributed by atoms with Crippen molar-refractivity contribution in [2.75, 3.05) is 18.5 Å². The number of nitrogens with one attached hydrogen (secondary N) is 2. The molecule has 0 atom stereocenters. The molecule has 0 unspecified atom stereocenters. The van der Waals surface area contributed by atoms with Gasteiger partial charge in [-0.05, 0) is 94.3 Å². The summed E-state index contributed by atoms with van der Waals surface area (Å²) in [6, 6.07) is 10.7. The molecule has 2 aromatic carbocycles. The highest BCUT2D eigenvalue weighted by molar-refractivity contribution is 5.94. The molecule has 0 heterocycles. The first-order valence-corrected chi connectivity index (χ1v) is 14.4. The summed E-state index contributed by atoms with van der Waals surface area (Å²) in [6.45, 7) is 5.95. The molecule has 240 valence electrons. The van der Waals surface area contributed by atoms with Crippen LogP contribution in [0.5, 0.6) is 5.75 Å². The predicted molar refractivity (Wildman–Crippen MR) is 155 cm³/mol. The maximum Gasteiger partial charge on any atom is 0.573 e. The van der Waals surface area contributed by atoms with Crippen molar-refractivity contribution >= 4 is 29.6 Å². The summed E-state index contributed by atoms with van der Waals surface area (Å²) < 4.78 is 46.8. The molecular formula is C31H38F3N3O7. The van der Waals surface area contributed by atoms with Gasteiger partial charge in [-0.2, -0.15) is 0 Å². The SMILES string of the molecule is CCOC(=O)C(C)(C)C1CCC(N(Cc2ccc(C(=O)NCCC(=O)O)cc2)C(=O)Nc2ccc(OC(F)(F)F)cc2)CC1. The molecule has 3 rings (SSSR count). The number of carboxylic acids is 1. The molecule has 3 amide bonds. The Kier molecular flexibility index (Phi) is 11.6. The van der Waals surface area contributed by atoms with Crippen molar-refractivity contribution < 1.29 is 46.9 Å². The summed E-state index contributed by atoms with van der Waals surface area (Å²) in [7, 11) is 0. The van der Waals surface area contributed by atoms with Crippen LogP contribution in [-0.4, -0.2) is 59.4 Å². The minimum Gasteiger partial charge on any atom is -0.481 e. The molecule has 1 fully saturated rings. The van der Waals surface area contributed by atoms with E-state index in [0.29, 0.717) is 31.2 Å². The number of hydrogen-bond acceptors (Lipinski definition) is 6. The summed E-state index contributed by atoms with van der Waals surface area (Å²) in [5.41, 5.74) is 0.651. The van der Waals surface area contributed by atoms with E-state index in [-0.39, 0.29) is 49.7 Å². The molecule has 0 radical (unpaired) electrons. The van der Waals surface area contributed by atoms with Gasteiger partial charge in [0.05, 0.1) is 18.4 Å². The van der Waals surface area contributed by atoms with Gasteiger partial charge in [0.1, 0.15) is 5.75 Å². The van der Waals surface area contributed by atoms with E-state index in [0.717, 1.165) is 17.7 Å². The van der Waals surface area contributed by atoms with Crippen LogP contribution in [0.2, 0.25) is 0 Å². The topological polar surface area (TPSA) is 134 Å². The monoisotopic (exact) mass is 621 g/mol. The summed E-state index contributed by atoms with van der Waals surface area (Å²) >= 11 is 0. The number of alkyl halides is 3. The molecule has 0 bridgehead atoms. The second-order valence-electron chi connectivity index (χ2n) is 11.2. The number of halogens is 3. The first kappa shape index (κ1) is 34.2. The van der Waals surface area contributed by atoms with E-state index in [9.17, 15) is 32.3 Å². The zero-order valence-corrected chi connectivity index (χ0v) is 24.9. The van der Waals surface area contributed by atoms with Crippen molar-refractivity contribution in [3.8, 4) is 5.75 Å². The normalized spacial score (nSPS) is 16.9. The Labute approximate surface area is 253 Å². The summed E-state index contributed by atoms with van der Waals surface area (Å²) in [6.07, 6.45) is -2.45. The Hall–Kier alpha value is -4.29. The van der Waals surface area contributed by atoms with Crippen molar-refractivity contribution in [1.82, 2.24) is 10.2 Å². The largest absolute Gasteiger partial charge is 0.573 e. The van der Waals surface area contributed by atoms with Gasteiger partial charge in [-0.3, -0.25) is 14.4 Å². The second kappa shape index (κ2) is 14.9. The van der Waals surface area contributed by atoms with Gasteiger partial charge in [-0.15, -0.1) is 13.2 Å². The van der Waals surface area contributed by atoms with Crippen LogP contribution in [0.1, 0.15) is 68.8 Å². The quantitative estimate of drug-likeness (QED) is 0.249. The summed E-state index contributed by atoms with van der Waals surface area (Å²) in [5, 5.41) is 14.0. The average Bonchev–Trinajstić information content (AvgIpc) is 2.96. The van der Waals surface area contributed by atoms with Gasteiger partial charge >= 0.3 is 24.3 Å². The van der Waals surface area contributed by atoms with Gasteiger partial charge in [0, 0.05) is 30.4 Å². The number of amides is 3. The fourth-order valence-corrected chi connectivity index (χ4v) is 5.24. The molecule has 0 aromatic heterocycles. The molecule has 1 saturated carbocycles. The van der Waals surface area contributed by atoms with Crippen LogP contribution in [0.25, 0.3) is 0 Å². The van der Waals surface area contributed by atoms with Gasteiger partial charge in [-0.1, -0.05) is 12.1 Å². The van der Waals surface area contributed by atoms with E-state index in [4.69, 9.17) is 9.84 Å². The molecule has 1 aliphatic carbocycles. The van der Waals surface area contributed by atoms with E-state index in [1.54, 1.807) is 36.1 Å². The van der Waals surface area contributed by atoms with Crippen molar-refractivity contribution in [3.63, 3.8) is 0 Å². The van der Waals surface area contributed by atoms with E-state index in [2.05, 4.69) is 15.4 Å². The number of anilines is 1. The Balaban J connectivity index is 1.75. The number of benzene rings is 2. The number of nitrogens with zero attached hydrogens (tertiary/aromatic N) is 1. The van der Waals surface area contributed by atoms with E-state index >= 15 is 0 Å². The number of carbonyl (C=O) groups excluding carboxylic acids is 3. The maximum atomic E-state index is 13.6. The lowest BCUT2D eigenvalue weighted by Crippen LogP contribution is -2.46. The van der Waals surface area contributed by atoms with Crippen molar-refractivity contribution in [3.05, 3.63) is 59.7 Å². The van der Waals surface area contributed by atoms with Crippen LogP contribution < -0.4 is 15.4 Å². The predicted octanol–water partition coefficient (Wildman–Crippen LogP) is 5.97. The van der Waals surface area contributed by atoms with Gasteiger partial charge in [0.25, 0.3) is 5.91 Å². The Morgan fingerprint density at radius 1 is 0.955 bits per heavy atom. The lowest BCUT2D eigenvalue weighted by atomic mass is 9.70. The molecule has 1 aliphatic rings. The standard InChI is InChI=1S/C31H38F3N3O7/c1-4-43-28(41)30(2,3)22-9-13-24(14-10-22)37(29(42)36-23-11-15-25(16-12-23)44-31(32,33)34)19-20-5-7-21(8-6-20)27(40)35-18-17-26(38)39/h5-8,11-12,15-16,22,24H,4,9-10,13-14,17-19H2,1-3H3,(H,35,40)(H,36,42)(H,38,39). The zero-order valence-electron chi connectivity index (χ0n) is 24.9. The maximum absolute atomic E-state index is 13.6. The fourth-order valence-electron chi connectivity index (χ4n) is 5.24. The van der Waals surface area contributed by atoms with E-state index in [1.807, 2.05) is 13.8 Å². The number of esters is 1. The Morgan fingerprint density at radius 2 is 1.57 bits per heavy atom. The van der Waals surface area contributed by atoms with Gasteiger partial charge in [-0.25, -0.2) is 4.79 Å². The smallest absolute Gasteiger partial charge is 0.481 e. The number of hydrogen-bond donors (Lipinski definition) is 3. The minimum atomic E-state index is -4.84. The average molecular weight is 622 g/mol. The van der Waals surface area contributed by atoms with Crippen molar-refractivity contribution in [1.29, 1.82) is 0 Å². The van der Waals surface area contributed by atoms with Crippen LogP contribution in [0.3, 0.4) is 0 Å². The number of rotatable bonds is 12. The van der Waals surface area contributed by atoms with Crippen molar-refractivity contribution in [2.24, 2.45) is 11.3 Å². The van der Waals surface area contributed by atoms with E-state index < -0.39 is 35.4 Å². The van der Waals surface area contributed by atoms with Gasteiger partial charge in [0.2, 0.25) is 0 Å². The molecular weight excluding hydrogens is 583 g/mol. The van der Waals surface area contributed by atoms with Crippen LogP contribution in [0, 0.1) is 11.3 Å². The van der Waals surface area contributed by atoms with E-state index in [1.165, 1.54) is 12.1 Å². The van der Waals surface area contributed by atoms with Gasteiger partial charge < -0.3 is 30.1 Å². The van der Waals surface area contributed by atoms with Crippen LogP contribution in [-0.2, 0) is 20.9 Å². The minimum absolute atomic E-state index is 0.0111. The molecule has 3 N–H and O–H groups in total. The first-order valence-electron chi connectivity index (χ1n) is 14.4. The molecule has 0 saturated heterocycles. The lowest BCUT2D eigenvalue weighted by Gasteiger charge is -2.41. The molecule has 2 aromatic rings. The van der Waals surface area contributed by atoms with Crippen LogP contribution >= 0.6 is 0 Å². The molecule has 0 spiro atoms. The Morgan fingerprint density at radius 3 is 2.11 bits per heavy atom. The molecule has 13 heteroatoms. The molecule has 10 nitrogen and oxygen atoms in total. The Bertz CT molecular complexity index is 1290. The highest BCUT2D eigenvalue weighted by Gasteiger charge is 2.41. The number of aliphatic carboxylic acids is 1. The second-order valence-corrected chi connectivity index (χ2v) is 11.2. The molecule has 44 heavy (non-hydrogen) atoms. The highest BCUT2D eigenvalue weighted by atomic mass is 19.4. The third-order valence-corrected chi connectivity index (χ3v) is 7.75. The lowest BCUT2D eigenvalue weighted by molar-refractivity contribution is -0.274. The summed E-state index contributed by atoms with van der Waals surface area (Å²) in [4.78, 5) is 50.8. The number of carbonyl (C=O) groups is 4. The van der Waals surface area contributed by atoms with Crippen molar-refractivity contribution in [2.45, 2.75) is 71.8 Å². The third kappa shape index (κ3) is 9.88. The van der Waals surface area contributed by atoms with Crippen LogP contribution in [0.15, 0.2) is 48.5 Å². The van der Waals surface area contributed by atoms with Crippen LogP contribution in [0.4, 0.5) is 23.7 Å². The number of urea groups is 1. The first-order chi connectivity index (χ1) is 20.7.